The van der Waals surface area contributed by atoms with Gasteiger partial charge in [0.2, 0.25) is 0 Å². The summed E-state index contributed by atoms with van der Waals surface area (Å²) >= 11 is 0. The number of aromatic hydroxyl groups is 1. The van der Waals surface area contributed by atoms with Crippen molar-refractivity contribution in [3.63, 3.8) is 0 Å². The zero-order valence-electron chi connectivity index (χ0n) is 15.6. The van der Waals surface area contributed by atoms with Crippen molar-refractivity contribution in [2.45, 2.75) is 33.6 Å². The normalized spacial score (nSPS) is 13.5. The van der Waals surface area contributed by atoms with Gasteiger partial charge in [0.25, 0.3) is 0 Å². The van der Waals surface area contributed by atoms with E-state index in [0.29, 0.717) is 17.2 Å². The Labute approximate surface area is 153 Å². The van der Waals surface area contributed by atoms with Crippen molar-refractivity contribution in [1.82, 2.24) is 0 Å². The topological polar surface area (TPSA) is 85.2 Å². The highest BCUT2D eigenvalue weighted by Gasteiger charge is 2.19. The molecule has 0 radical (unpaired) electrons. The molecule has 26 heavy (non-hydrogen) atoms. The van der Waals surface area contributed by atoms with Gasteiger partial charge in [0, 0.05) is 12.7 Å². The van der Waals surface area contributed by atoms with E-state index in [0.717, 1.165) is 16.7 Å². The number of benzene rings is 2. The quantitative estimate of drug-likeness (QED) is 0.651. The van der Waals surface area contributed by atoms with Crippen LogP contribution in [0.2, 0.25) is 0 Å². The Morgan fingerprint density at radius 1 is 1.08 bits per heavy atom. The predicted octanol–water partition coefficient (Wildman–Crippen LogP) is 5.09. The van der Waals surface area contributed by atoms with Gasteiger partial charge in [0.15, 0.2) is 6.35 Å². The van der Waals surface area contributed by atoms with Gasteiger partial charge in [-0.05, 0) is 61.2 Å². The van der Waals surface area contributed by atoms with Gasteiger partial charge in [-0.1, -0.05) is 13.8 Å². The van der Waals surface area contributed by atoms with Crippen LogP contribution in [0.15, 0.2) is 30.3 Å². The monoisotopic (exact) mass is 380 g/mol. The molecule has 0 saturated heterocycles. The molecule has 2 aromatic rings. The molecule has 0 fully saturated rings. The Kier molecular flexibility index (Phi) is 6.34. The fourth-order valence-corrected chi connectivity index (χ4v) is 2.96. The lowest BCUT2D eigenvalue weighted by atomic mass is 10.0. The summed E-state index contributed by atoms with van der Waals surface area (Å²) in [5.41, 5.74) is 2.46. The van der Waals surface area contributed by atoms with E-state index in [1.54, 1.807) is 24.3 Å². The van der Waals surface area contributed by atoms with Crippen molar-refractivity contribution in [1.29, 1.82) is 0 Å². The van der Waals surface area contributed by atoms with Crippen molar-refractivity contribution in [2.75, 3.05) is 13.5 Å². The number of aryl methyl sites for hydroxylation is 2. The van der Waals surface area contributed by atoms with Gasteiger partial charge in [0.1, 0.15) is 23.0 Å². The molecule has 142 valence electrons. The van der Waals surface area contributed by atoms with Crippen LogP contribution in [0.3, 0.4) is 0 Å². The zero-order chi connectivity index (χ0) is 19.5. The number of rotatable bonds is 7. The van der Waals surface area contributed by atoms with Gasteiger partial charge < -0.3 is 24.0 Å². The minimum absolute atomic E-state index is 0.173. The molecule has 0 aromatic heterocycles. The van der Waals surface area contributed by atoms with Gasteiger partial charge in [-0.3, -0.25) is 4.57 Å². The van der Waals surface area contributed by atoms with Crippen molar-refractivity contribution >= 4 is 7.60 Å². The molecule has 2 aromatic carbocycles. The van der Waals surface area contributed by atoms with Crippen LogP contribution >= 0.6 is 7.60 Å². The van der Waals surface area contributed by atoms with Crippen molar-refractivity contribution in [2.24, 2.45) is 0 Å². The van der Waals surface area contributed by atoms with E-state index in [-0.39, 0.29) is 11.7 Å². The number of phenolic OH excluding ortho intramolecular Hbond substituents is 1. The second-order valence-corrected chi connectivity index (χ2v) is 8.36. The molecule has 0 aliphatic rings. The van der Waals surface area contributed by atoms with Gasteiger partial charge >= 0.3 is 7.60 Å². The highest BCUT2D eigenvalue weighted by atomic mass is 31.2. The summed E-state index contributed by atoms with van der Waals surface area (Å²) in [4.78, 5) is 9.43. The summed E-state index contributed by atoms with van der Waals surface area (Å²) in [6.45, 7) is 7.74. The summed E-state index contributed by atoms with van der Waals surface area (Å²) < 4.78 is 27.4. The van der Waals surface area contributed by atoms with E-state index in [9.17, 15) is 14.6 Å². The first-order valence-electron chi connectivity index (χ1n) is 8.25. The Hall–Kier alpha value is -2.01. The first kappa shape index (κ1) is 20.3. The molecule has 6 nitrogen and oxygen atoms in total. The fourth-order valence-electron chi connectivity index (χ4n) is 2.54. The third-order valence-corrected chi connectivity index (χ3v) is 4.98. The zero-order valence-corrected chi connectivity index (χ0v) is 16.5. The summed E-state index contributed by atoms with van der Waals surface area (Å²) in [5.74, 6) is 2.19. The number of hydrogen-bond donors (Lipinski definition) is 2. The molecule has 0 saturated carbocycles. The second-order valence-electron chi connectivity index (χ2n) is 6.46. The minimum Gasteiger partial charge on any atom is -0.508 e. The molecular weight excluding hydrogens is 355 g/mol. The molecule has 0 bridgehead atoms. The second kappa shape index (κ2) is 8.12. The van der Waals surface area contributed by atoms with Gasteiger partial charge in [0.05, 0.1) is 0 Å². The van der Waals surface area contributed by atoms with Crippen molar-refractivity contribution in [3.8, 4) is 23.0 Å². The van der Waals surface area contributed by atoms with E-state index in [2.05, 4.69) is 4.52 Å². The molecule has 1 atom stereocenters. The number of phenols is 1. The lowest BCUT2D eigenvalue weighted by molar-refractivity contribution is 0.268. The summed E-state index contributed by atoms with van der Waals surface area (Å²) in [6.07, 6.45) is -0.418. The lowest BCUT2D eigenvalue weighted by Crippen LogP contribution is -2.01. The van der Waals surface area contributed by atoms with Gasteiger partial charge in [-0.15, -0.1) is 0 Å². The molecule has 1 unspecified atom stereocenters. The van der Waals surface area contributed by atoms with E-state index in [1.807, 2.05) is 33.8 Å². The Morgan fingerprint density at radius 3 is 2.23 bits per heavy atom. The fraction of sp³-hybridized carbons (Fsp3) is 0.368. The van der Waals surface area contributed by atoms with E-state index in [4.69, 9.17) is 9.47 Å². The SMILES string of the molecule is COP(=O)(O)COc1cc(C)c(Oc2ccc(O)c(C(C)C)c2)c(C)c1. The van der Waals surface area contributed by atoms with Crippen LogP contribution < -0.4 is 9.47 Å². The number of hydrogen-bond acceptors (Lipinski definition) is 5. The van der Waals surface area contributed by atoms with Crippen LogP contribution in [0, 0.1) is 13.8 Å². The average Bonchev–Trinajstić information content (AvgIpc) is 2.57. The Morgan fingerprint density at radius 2 is 1.69 bits per heavy atom. The van der Waals surface area contributed by atoms with Crippen LogP contribution in [0.1, 0.15) is 36.5 Å². The van der Waals surface area contributed by atoms with Crippen LogP contribution in [-0.2, 0) is 9.09 Å². The minimum atomic E-state index is -3.73. The molecule has 0 aliphatic heterocycles. The first-order valence-corrected chi connectivity index (χ1v) is 10.0. The summed E-state index contributed by atoms with van der Waals surface area (Å²) in [6, 6.07) is 8.63. The molecule has 2 rings (SSSR count). The van der Waals surface area contributed by atoms with Gasteiger partial charge in [-0.2, -0.15) is 0 Å². The smallest absolute Gasteiger partial charge is 0.364 e. The van der Waals surface area contributed by atoms with Gasteiger partial charge in [-0.25, -0.2) is 0 Å². The predicted molar refractivity (Wildman–Crippen MR) is 101 cm³/mol. The largest absolute Gasteiger partial charge is 0.508 e. The number of ether oxygens (including phenoxy) is 2. The molecule has 0 spiro atoms. The molecule has 2 N–H and O–H groups in total. The summed E-state index contributed by atoms with van der Waals surface area (Å²) in [5, 5.41) is 9.94. The maximum Gasteiger partial charge on any atom is 0.364 e. The van der Waals surface area contributed by atoms with Crippen molar-refractivity contribution in [3.05, 3.63) is 47.0 Å². The molecule has 0 aliphatic carbocycles. The van der Waals surface area contributed by atoms with E-state index >= 15 is 0 Å². The maximum absolute atomic E-state index is 11.5. The molecular formula is C19H25O6P. The third-order valence-electron chi connectivity index (χ3n) is 3.95. The van der Waals surface area contributed by atoms with Crippen LogP contribution in [0.5, 0.6) is 23.0 Å². The maximum atomic E-state index is 11.5. The van der Waals surface area contributed by atoms with Crippen LogP contribution in [0.4, 0.5) is 0 Å². The highest BCUT2D eigenvalue weighted by Crippen LogP contribution is 2.41. The van der Waals surface area contributed by atoms with E-state index < -0.39 is 13.9 Å². The third kappa shape index (κ3) is 5.01. The Bertz CT molecular complexity index is 808. The molecule has 0 amide bonds. The Balaban J connectivity index is 2.23. The highest BCUT2D eigenvalue weighted by molar-refractivity contribution is 7.52. The summed E-state index contributed by atoms with van der Waals surface area (Å²) in [7, 11) is -2.57. The average molecular weight is 380 g/mol. The van der Waals surface area contributed by atoms with Crippen LogP contribution in [-0.4, -0.2) is 23.5 Å². The molecule has 7 heteroatoms. The molecule has 0 heterocycles. The van der Waals surface area contributed by atoms with E-state index in [1.165, 1.54) is 7.11 Å². The first-order chi connectivity index (χ1) is 12.1. The van der Waals surface area contributed by atoms with Crippen LogP contribution in [0.25, 0.3) is 0 Å². The standard InChI is InChI=1S/C19H25O6P/c1-12(2)17-10-15(6-7-18(17)20)25-19-13(3)8-16(9-14(19)4)24-11-26(21,22)23-5/h6-10,12,20H,11H2,1-5H3,(H,21,22). The van der Waals surface area contributed by atoms with Crippen molar-refractivity contribution < 1.29 is 28.6 Å². The lowest BCUT2D eigenvalue weighted by Gasteiger charge is -2.17.